The SMILES string of the molecule is C[C@](NC(=O)CN1CCN(C2CC2)C1=O)(C(=O)Nc1cncc2ccccc12)c1ccc(Cl)c(Cl)c1. The maximum absolute atomic E-state index is 13.7. The first-order valence-electron chi connectivity index (χ1n) is 11.7. The first-order chi connectivity index (χ1) is 17.3. The molecule has 1 aliphatic heterocycles. The van der Waals surface area contributed by atoms with Crippen LogP contribution in [0.2, 0.25) is 10.0 Å². The Bertz CT molecular complexity index is 1360. The Labute approximate surface area is 218 Å². The third kappa shape index (κ3) is 4.70. The van der Waals surface area contributed by atoms with Crippen molar-refractivity contribution < 1.29 is 14.4 Å². The molecule has 2 heterocycles. The van der Waals surface area contributed by atoms with Gasteiger partial charge in [0.05, 0.1) is 21.9 Å². The second-order valence-electron chi connectivity index (χ2n) is 9.29. The molecule has 186 valence electrons. The minimum absolute atomic E-state index is 0.143. The summed E-state index contributed by atoms with van der Waals surface area (Å²) in [6.07, 6.45) is 5.28. The fourth-order valence-corrected chi connectivity index (χ4v) is 4.79. The van der Waals surface area contributed by atoms with E-state index >= 15 is 0 Å². The molecule has 3 aromatic rings. The van der Waals surface area contributed by atoms with Gasteiger partial charge in [0.1, 0.15) is 12.1 Å². The normalized spacial score (nSPS) is 17.2. The van der Waals surface area contributed by atoms with Crippen molar-refractivity contribution in [3.63, 3.8) is 0 Å². The molecule has 2 N–H and O–H groups in total. The van der Waals surface area contributed by atoms with Gasteiger partial charge in [0.25, 0.3) is 5.91 Å². The van der Waals surface area contributed by atoms with Crippen LogP contribution >= 0.6 is 23.2 Å². The number of benzene rings is 2. The zero-order chi connectivity index (χ0) is 25.4. The smallest absolute Gasteiger partial charge is 0.320 e. The quantitative estimate of drug-likeness (QED) is 0.477. The molecular weight excluding hydrogens is 501 g/mol. The number of halogens is 2. The minimum atomic E-state index is -1.51. The van der Waals surface area contributed by atoms with Crippen molar-refractivity contribution in [2.75, 3.05) is 25.0 Å². The molecule has 1 saturated carbocycles. The Balaban J connectivity index is 1.41. The van der Waals surface area contributed by atoms with Crippen LogP contribution in [-0.4, -0.2) is 58.3 Å². The van der Waals surface area contributed by atoms with Gasteiger partial charge in [0.2, 0.25) is 5.91 Å². The molecule has 36 heavy (non-hydrogen) atoms. The molecule has 1 saturated heterocycles. The zero-order valence-corrected chi connectivity index (χ0v) is 21.1. The van der Waals surface area contributed by atoms with Gasteiger partial charge < -0.3 is 20.4 Å². The maximum Gasteiger partial charge on any atom is 0.320 e. The molecule has 5 rings (SSSR count). The molecule has 0 unspecified atom stereocenters. The van der Waals surface area contributed by atoms with Crippen molar-refractivity contribution in [2.45, 2.75) is 31.3 Å². The van der Waals surface area contributed by atoms with Crippen LogP contribution in [0.3, 0.4) is 0 Å². The van der Waals surface area contributed by atoms with Gasteiger partial charge in [-0.25, -0.2) is 4.79 Å². The predicted octanol–water partition coefficient (Wildman–Crippen LogP) is 4.41. The highest BCUT2D eigenvalue weighted by atomic mass is 35.5. The lowest BCUT2D eigenvalue weighted by Gasteiger charge is -2.31. The lowest BCUT2D eigenvalue weighted by Crippen LogP contribution is -2.54. The van der Waals surface area contributed by atoms with E-state index in [1.807, 2.05) is 29.2 Å². The summed E-state index contributed by atoms with van der Waals surface area (Å²) in [4.78, 5) is 47.1. The number of aromatic nitrogens is 1. The van der Waals surface area contributed by atoms with Crippen molar-refractivity contribution >= 4 is 57.5 Å². The Morgan fingerprint density at radius 1 is 1.08 bits per heavy atom. The standard InChI is InChI=1S/C26H25Cl2N5O3/c1-26(17-6-9-20(27)21(28)12-17,24(35)30-22-14-29-13-16-4-2-3-5-19(16)22)31-23(34)15-32-10-11-33(25(32)36)18-7-8-18/h2-6,9,12-14,18H,7-8,10-11,15H2,1H3,(H,30,35)(H,31,34)/t26-/m1/s1. The van der Waals surface area contributed by atoms with Gasteiger partial charge >= 0.3 is 6.03 Å². The monoisotopic (exact) mass is 525 g/mol. The summed E-state index contributed by atoms with van der Waals surface area (Å²) in [6.45, 7) is 2.53. The van der Waals surface area contributed by atoms with Gasteiger partial charge in [-0.1, -0.05) is 53.5 Å². The van der Waals surface area contributed by atoms with Crippen LogP contribution in [0.4, 0.5) is 10.5 Å². The molecule has 10 heteroatoms. The molecular formula is C26H25Cl2N5O3. The first-order valence-corrected chi connectivity index (χ1v) is 12.5. The van der Waals surface area contributed by atoms with E-state index < -0.39 is 17.4 Å². The number of pyridine rings is 1. The number of rotatable bonds is 7. The Kier molecular flexibility index (Phi) is 6.49. The lowest BCUT2D eigenvalue weighted by molar-refractivity contribution is -0.130. The number of anilines is 1. The lowest BCUT2D eigenvalue weighted by atomic mass is 9.90. The average molecular weight is 526 g/mol. The van der Waals surface area contributed by atoms with Gasteiger partial charge in [-0.15, -0.1) is 0 Å². The number of hydrogen-bond acceptors (Lipinski definition) is 4. The summed E-state index contributed by atoms with van der Waals surface area (Å²) in [5.74, 6) is -0.944. The largest absolute Gasteiger partial charge is 0.337 e. The fraction of sp³-hybridized carbons (Fsp3) is 0.308. The second-order valence-corrected chi connectivity index (χ2v) is 10.1. The van der Waals surface area contributed by atoms with Crippen molar-refractivity contribution in [1.29, 1.82) is 0 Å². The van der Waals surface area contributed by atoms with E-state index in [0.29, 0.717) is 29.4 Å². The molecule has 1 aromatic heterocycles. The van der Waals surface area contributed by atoms with Crippen LogP contribution in [0, 0.1) is 0 Å². The van der Waals surface area contributed by atoms with Crippen molar-refractivity contribution in [3.8, 4) is 0 Å². The Morgan fingerprint density at radius 2 is 1.86 bits per heavy atom. The van der Waals surface area contributed by atoms with E-state index in [1.54, 1.807) is 37.5 Å². The van der Waals surface area contributed by atoms with Gasteiger partial charge in [-0.3, -0.25) is 14.6 Å². The highest BCUT2D eigenvalue weighted by molar-refractivity contribution is 6.42. The molecule has 1 aliphatic carbocycles. The van der Waals surface area contributed by atoms with E-state index in [1.165, 1.54) is 4.90 Å². The van der Waals surface area contributed by atoms with Gasteiger partial charge in [0, 0.05) is 36.1 Å². The molecule has 2 aliphatic rings. The molecule has 1 atom stereocenters. The van der Waals surface area contributed by atoms with Crippen LogP contribution in [0.1, 0.15) is 25.3 Å². The number of hydrogen-bond donors (Lipinski definition) is 2. The number of urea groups is 1. The second kappa shape index (κ2) is 9.59. The summed E-state index contributed by atoms with van der Waals surface area (Å²) in [5.41, 5.74) is -0.557. The van der Waals surface area contributed by atoms with Crippen molar-refractivity contribution in [2.24, 2.45) is 0 Å². The van der Waals surface area contributed by atoms with E-state index in [-0.39, 0.29) is 23.6 Å². The number of carbonyl (C=O) groups excluding carboxylic acids is 3. The van der Waals surface area contributed by atoms with Crippen LogP contribution < -0.4 is 10.6 Å². The van der Waals surface area contributed by atoms with Crippen LogP contribution in [0.5, 0.6) is 0 Å². The molecule has 0 radical (unpaired) electrons. The number of nitrogens with zero attached hydrogens (tertiary/aromatic N) is 3. The number of fused-ring (bicyclic) bond motifs is 1. The Hall–Kier alpha value is -3.36. The first kappa shape index (κ1) is 24.3. The molecule has 0 bridgehead atoms. The summed E-state index contributed by atoms with van der Waals surface area (Å²) in [6, 6.07) is 12.5. The molecule has 2 aromatic carbocycles. The average Bonchev–Trinajstić information content (AvgIpc) is 3.64. The third-order valence-corrected chi connectivity index (χ3v) is 7.45. The van der Waals surface area contributed by atoms with E-state index in [4.69, 9.17) is 23.2 Å². The fourth-order valence-electron chi connectivity index (χ4n) is 4.50. The predicted molar refractivity (Wildman–Crippen MR) is 139 cm³/mol. The molecule has 8 nitrogen and oxygen atoms in total. The summed E-state index contributed by atoms with van der Waals surface area (Å²) in [7, 11) is 0. The van der Waals surface area contributed by atoms with Crippen LogP contribution in [0.25, 0.3) is 10.8 Å². The third-order valence-electron chi connectivity index (χ3n) is 6.71. The van der Waals surface area contributed by atoms with E-state index in [0.717, 1.165) is 23.6 Å². The van der Waals surface area contributed by atoms with Crippen LogP contribution in [0.15, 0.2) is 54.9 Å². The molecule has 0 spiro atoms. The minimum Gasteiger partial charge on any atom is -0.337 e. The maximum atomic E-state index is 13.7. The van der Waals surface area contributed by atoms with Gasteiger partial charge in [-0.2, -0.15) is 0 Å². The number of amides is 4. The van der Waals surface area contributed by atoms with Crippen molar-refractivity contribution in [3.05, 3.63) is 70.5 Å². The van der Waals surface area contributed by atoms with Crippen LogP contribution in [-0.2, 0) is 15.1 Å². The molecule has 4 amide bonds. The highest BCUT2D eigenvalue weighted by Gasteiger charge is 2.41. The van der Waals surface area contributed by atoms with Gasteiger partial charge in [-0.05, 0) is 37.5 Å². The Morgan fingerprint density at radius 3 is 2.61 bits per heavy atom. The summed E-state index contributed by atoms with van der Waals surface area (Å²) in [5, 5.41) is 8.02. The summed E-state index contributed by atoms with van der Waals surface area (Å²) >= 11 is 12.4. The van der Waals surface area contributed by atoms with Gasteiger partial charge in [0.15, 0.2) is 0 Å². The summed E-state index contributed by atoms with van der Waals surface area (Å²) < 4.78 is 0. The zero-order valence-electron chi connectivity index (χ0n) is 19.6. The highest BCUT2D eigenvalue weighted by Crippen LogP contribution is 2.32. The van der Waals surface area contributed by atoms with Crippen molar-refractivity contribution in [1.82, 2.24) is 20.1 Å². The topological polar surface area (TPSA) is 94.6 Å². The van der Waals surface area contributed by atoms with E-state index in [2.05, 4.69) is 15.6 Å². The number of carbonyl (C=O) groups is 3. The molecule has 2 fully saturated rings. The van der Waals surface area contributed by atoms with E-state index in [9.17, 15) is 14.4 Å². The number of nitrogens with one attached hydrogen (secondary N) is 2.